The molecule has 1 aliphatic heterocycles. The number of nitrogens with one attached hydrogen (secondary N) is 1. The molecule has 9 nitrogen and oxygen atoms in total. The van der Waals surface area contributed by atoms with Crippen molar-refractivity contribution in [2.24, 2.45) is 0 Å². The molecule has 4 aromatic rings. The summed E-state index contributed by atoms with van der Waals surface area (Å²) in [4.78, 5) is 44.1. The zero-order valence-corrected chi connectivity index (χ0v) is 19.3. The fourth-order valence-electron chi connectivity index (χ4n) is 4.42. The minimum atomic E-state index is -0.566. The molecule has 5 rings (SSSR count). The number of carbonyl (C=O) groups is 1. The van der Waals surface area contributed by atoms with Crippen LogP contribution in [0.3, 0.4) is 0 Å². The maximum Gasteiger partial charge on any atom is 0.333 e. The number of fused-ring (bicyclic) bond motifs is 1. The van der Waals surface area contributed by atoms with E-state index in [9.17, 15) is 14.4 Å². The second kappa shape index (κ2) is 10.1. The Hall–Kier alpha value is -3.98. The molecule has 1 aliphatic rings. The molecule has 9 heteroatoms. The number of ether oxygens (including phenoxy) is 1. The van der Waals surface area contributed by atoms with Gasteiger partial charge in [-0.3, -0.25) is 14.2 Å². The van der Waals surface area contributed by atoms with E-state index in [1.807, 2.05) is 60.7 Å². The first-order valence-electron chi connectivity index (χ1n) is 11.7. The Morgan fingerprint density at radius 1 is 0.971 bits per heavy atom. The van der Waals surface area contributed by atoms with Gasteiger partial charge in [0.2, 0.25) is 5.91 Å². The van der Waals surface area contributed by atoms with Crippen LogP contribution in [0, 0.1) is 0 Å². The first kappa shape index (κ1) is 22.8. The Kier molecular flexibility index (Phi) is 6.58. The second-order valence-corrected chi connectivity index (χ2v) is 8.72. The van der Waals surface area contributed by atoms with Crippen molar-refractivity contribution in [1.29, 1.82) is 0 Å². The molecular weight excluding hydrogens is 446 g/mol. The van der Waals surface area contributed by atoms with Gasteiger partial charge in [0.15, 0.2) is 11.2 Å². The van der Waals surface area contributed by atoms with Crippen LogP contribution in [0.4, 0.5) is 0 Å². The first-order chi connectivity index (χ1) is 17.1. The number of rotatable bonds is 8. The molecular formula is C26H27N5O4. The summed E-state index contributed by atoms with van der Waals surface area (Å²) in [7, 11) is 0. The van der Waals surface area contributed by atoms with Crippen molar-refractivity contribution in [2.75, 3.05) is 13.2 Å². The molecule has 3 heterocycles. The topological polar surface area (TPSA) is 100 Å². The van der Waals surface area contributed by atoms with Gasteiger partial charge in [-0.2, -0.15) is 0 Å². The smallest absolute Gasteiger partial charge is 0.333 e. The second-order valence-electron chi connectivity index (χ2n) is 8.72. The van der Waals surface area contributed by atoms with Crippen molar-refractivity contribution < 1.29 is 9.53 Å². The van der Waals surface area contributed by atoms with Crippen molar-refractivity contribution in [3.8, 4) is 0 Å². The average molecular weight is 474 g/mol. The highest BCUT2D eigenvalue weighted by atomic mass is 16.5. The number of aromatic nitrogens is 4. The van der Waals surface area contributed by atoms with E-state index < -0.39 is 17.2 Å². The van der Waals surface area contributed by atoms with Crippen LogP contribution in [-0.4, -0.2) is 43.8 Å². The van der Waals surface area contributed by atoms with Gasteiger partial charge in [0.05, 0.1) is 19.0 Å². The third-order valence-electron chi connectivity index (χ3n) is 6.22. The van der Waals surface area contributed by atoms with Crippen LogP contribution in [0.2, 0.25) is 0 Å². The zero-order chi connectivity index (χ0) is 24.2. The molecule has 1 amide bonds. The standard InChI is InChI=1S/C26H27N5O4/c32-22(27-14-21-12-7-13-35-21)17-31-25(33)23-24(28-18-29(23)15-19-8-3-1-4-9-19)30(26(31)34)16-20-10-5-2-6-11-20/h1-6,8-11,18,21H,7,12-17H2,(H,27,32)/t21-/m0/s1. The van der Waals surface area contributed by atoms with E-state index >= 15 is 0 Å². The Morgan fingerprint density at radius 2 is 1.66 bits per heavy atom. The van der Waals surface area contributed by atoms with Gasteiger partial charge in [0.25, 0.3) is 5.56 Å². The van der Waals surface area contributed by atoms with E-state index in [1.165, 1.54) is 4.57 Å². The van der Waals surface area contributed by atoms with Crippen molar-refractivity contribution in [3.05, 3.63) is 99.0 Å². The predicted molar refractivity (Wildman–Crippen MR) is 131 cm³/mol. The zero-order valence-electron chi connectivity index (χ0n) is 19.3. The molecule has 0 radical (unpaired) electrons. The summed E-state index contributed by atoms with van der Waals surface area (Å²) < 4.78 is 9.73. The Morgan fingerprint density at radius 3 is 2.31 bits per heavy atom. The first-order valence-corrected chi connectivity index (χ1v) is 11.7. The maximum absolute atomic E-state index is 13.5. The molecule has 0 unspecified atom stereocenters. The number of amides is 1. The van der Waals surface area contributed by atoms with E-state index in [0.717, 1.165) is 28.5 Å². The van der Waals surface area contributed by atoms with E-state index in [0.29, 0.717) is 25.3 Å². The molecule has 2 aromatic carbocycles. The van der Waals surface area contributed by atoms with Crippen LogP contribution in [-0.2, 0) is 29.2 Å². The number of benzene rings is 2. The fraction of sp³-hybridized carbons (Fsp3) is 0.308. The molecule has 2 aromatic heterocycles. The third kappa shape index (κ3) is 4.95. The quantitative estimate of drug-likeness (QED) is 0.420. The lowest BCUT2D eigenvalue weighted by atomic mass is 10.2. The number of imidazole rings is 1. The van der Waals surface area contributed by atoms with Crippen molar-refractivity contribution in [2.45, 2.75) is 38.6 Å². The van der Waals surface area contributed by atoms with Gasteiger partial charge < -0.3 is 14.6 Å². The van der Waals surface area contributed by atoms with Crippen LogP contribution < -0.4 is 16.6 Å². The molecule has 0 aliphatic carbocycles. The predicted octanol–water partition coefficient (Wildman–Crippen LogP) is 1.75. The van der Waals surface area contributed by atoms with E-state index in [1.54, 1.807) is 10.9 Å². The summed E-state index contributed by atoms with van der Waals surface area (Å²) in [5.74, 6) is -0.403. The largest absolute Gasteiger partial charge is 0.376 e. The third-order valence-corrected chi connectivity index (χ3v) is 6.22. The summed E-state index contributed by atoms with van der Waals surface area (Å²) in [5.41, 5.74) is 1.38. The molecule has 0 bridgehead atoms. The Balaban J connectivity index is 1.54. The summed E-state index contributed by atoms with van der Waals surface area (Å²) in [6.45, 7) is 1.33. The van der Waals surface area contributed by atoms with E-state index in [4.69, 9.17) is 4.74 Å². The lowest BCUT2D eigenvalue weighted by Crippen LogP contribution is -2.45. The monoisotopic (exact) mass is 473 g/mol. The molecule has 0 spiro atoms. The molecule has 1 fully saturated rings. The van der Waals surface area contributed by atoms with Gasteiger partial charge in [-0.1, -0.05) is 60.7 Å². The van der Waals surface area contributed by atoms with Crippen LogP contribution in [0.5, 0.6) is 0 Å². The number of carbonyl (C=O) groups excluding carboxylic acids is 1. The molecule has 35 heavy (non-hydrogen) atoms. The Labute approximate surface area is 201 Å². The van der Waals surface area contributed by atoms with E-state index in [2.05, 4.69) is 10.3 Å². The number of hydrogen-bond donors (Lipinski definition) is 1. The van der Waals surface area contributed by atoms with Gasteiger partial charge in [0, 0.05) is 19.7 Å². The van der Waals surface area contributed by atoms with Crippen LogP contribution in [0.15, 0.2) is 76.6 Å². The van der Waals surface area contributed by atoms with Crippen molar-refractivity contribution in [3.63, 3.8) is 0 Å². The van der Waals surface area contributed by atoms with Crippen LogP contribution in [0.25, 0.3) is 11.2 Å². The lowest BCUT2D eigenvalue weighted by molar-refractivity contribution is -0.122. The Bertz CT molecular complexity index is 1430. The fourth-order valence-corrected chi connectivity index (χ4v) is 4.42. The summed E-state index contributed by atoms with van der Waals surface area (Å²) >= 11 is 0. The van der Waals surface area contributed by atoms with Crippen molar-refractivity contribution in [1.82, 2.24) is 24.0 Å². The average Bonchev–Trinajstić information content (AvgIpc) is 3.55. The molecule has 1 atom stereocenters. The highest BCUT2D eigenvalue weighted by Crippen LogP contribution is 2.13. The van der Waals surface area contributed by atoms with Gasteiger partial charge in [-0.15, -0.1) is 0 Å². The highest BCUT2D eigenvalue weighted by molar-refractivity contribution is 5.76. The summed E-state index contributed by atoms with van der Waals surface area (Å²) in [5, 5.41) is 2.80. The molecule has 0 saturated carbocycles. The molecule has 1 N–H and O–H groups in total. The summed E-state index contributed by atoms with van der Waals surface area (Å²) in [6.07, 6.45) is 3.39. The van der Waals surface area contributed by atoms with Crippen molar-refractivity contribution >= 4 is 17.1 Å². The van der Waals surface area contributed by atoms with Crippen LogP contribution >= 0.6 is 0 Å². The normalized spacial score (nSPS) is 15.5. The number of hydrogen-bond acceptors (Lipinski definition) is 5. The van der Waals surface area contributed by atoms with Gasteiger partial charge in [-0.05, 0) is 24.0 Å². The van der Waals surface area contributed by atoms with E-state index in [-0.39, 0.29) is 24.7 Å². The minimum Gasteiger partial charge on any atom is -0.376 e. The van der Waals surface area contributed by atoms with Crippen LogP contribution in [0.1, 0.15) is 24.0 Å². The van der Waals surface area contributed by atoms with Gasteiger partial charge >= 0.3 is 5.69 Å². The SMILES string of the molecule is O=C(Cn1c(=O)c2c(ncn2Cc2ccccc2)n(Cc2ccccc2)c1=O)NC[C@@H]1CCCO1. The summed E-state index contributed by atoms with van der Waals surface area (Å²) in [6, 6.07) is 19.2. The minimum absolute atomic E-state index is 0.0276. The maximum atomic E-state index is 13.5. The highest BCUT2D eigenvalue weighted by Gasteiger charge is 2.21. The molecule has 180 valence electrons. The molecule has 1 saturated heterocycles. The lowest BCUT2D eigenvalue weighted by Gasteiger charge is -2.14. The van der Waals surface area contributed by atoms with Gasteiger partial charge in [-0.25, -0.2) is 14.3 Å². The number of nitrogens with zero attached hydrogens (tertiary/aromatic N) is 4. The van der Waals surface area contributed by atoms with Gasteiger partial charge in [0.1, 0.15) is 6.54 Å².